The lowest BCUT2D eigenvalue weighted by Crippen LogP contribution is -2.05. The maximum atomic E-state index is 4.32. The minimum Gasteiger partial charge on any atom is -0.337 e. The van der Waals surface area contributed by atoms with Crippen molar-refractivity contribution in [3.8, 4) is 0 Å². The van der Waals surface area contributed by atoms with E-state index in [-0.39, 0.29) is 0 Å². The van der Waals surface area contributed by atoms with Crippen molar-refractivity contribution >= 4 is 0 Å². The molecule has 3 heteroatoms. The van der Waals surface area contributed by atoms with Crippen LogP contribution in [0.15, 0.2) is 42.9 Å². The van der Waals surface area contributed by atoms with Gasteiger partial charge < -0.3 is 9.88 Å². The van der Waals surface area contributed by atoms with E-state index in [1.807, 2.05) is 19.4 Å². The van der Waals surface area contributed by atoms with Gasteiger partial charge in [-0.2, -0.15) is 0 Å². The van der Waals surface area contributed by atoms with E-state index in [0.29, 0.717) is 0 Å². The first kappa shape index (κ1) is 10.9. The van der Waals surface area contributed by atoms with Crippen molar-refractivity contribution in [1.82, 2.24) is 14.9 Å². The SMILES string of the molecule is CNCc1cn(CCc2ccccc2)cn1. The van der Waals surface area contributed by atoms with Crippen molar-refractivity contribution < 1.29 is 0 Å². The average molecular weight is 215 g/mol. The van der Waals surface area contributed by atoms with Crippen LogP contribution in [0.5, 0.6) is 0 Å². The van der Waals surface area contributed by atoms with Crippen molar-refractivity contribution in [2.75, 3.05) is 7.05 Å². The maximum absolute atomic E-state index is 4.32. The highest BCUT2D eigenvalue weighted by atomic mass is 15.0. The van der Waals surface area contributed by atoms with Crippen LogP contribution in [-0.2, 0) is 19.5 Å². The summed E-state index contributed by atoms with van der Waals surface area (Å²) in [5.41, 5.74) is 2.46. The molecule has 0 saturated heterocycles. The number of rotatable bonds is 5. The molecule has 2 aromatic rings. The van der Waals surface area contributed by atoms with Crippen LogP contribution in [0.1, 0.15) is 11.3 Å². The Bertz CT molecular complexity index is 420. The third-order valence-corrected chi connectivity index (χ3v) is 2.55. The Morgan fingerprint density at radius 1 is 1.25 bits per heavy atom. The molecule has 2 rings (SSSR count). The molecule has 0 bridgehead atoms. The molecular weight excluding hydrogens is 198 g/mol. The molecule has 3 nitrogen and oxygen atoms in total. The van der Waals surface area contributed by atoms with Crippen LogP contribution in [0.4, 0.5) is 0 Å². The summed E-state index contributed by atoms with van der Waals surface area (Å²) in [7, 11) is 1.93. The normalized spacial score (nSPS) is 10.6. The third kappa shape index (κ3) is 2.94. The Morgan fingerprint density at radius 2 is 2.06 bits per heavy atom. The standard InChI is InChI=1S/C13H17N3/c1-14-9-13-10-16(11-15-13)8-7-12-5-3-2-4-6-12/h2-6,10-11,14H,7-9H2,1H3. The Morgan fingerprint density at radius 3 is 2.81 bits per heavy atom. The van der Waals surface area contributed by atoms with E-state index in [2.05, 4.69) is 45.3 Å². The monoisotopic (exact) mass is 215 g/mol. The summed E-state index contributed by atoms with van der Waals surface area (Å²) in [5.74, 6) is 0. The summed E-state index contributed by atoms with van der Waals surface area (Å²) in [6.07, 6.45) is 5.05. The fraction of sp³-hybridized carbons (Fsp3) is 0.308. The van der Waals surface area contributed by atoms with E-state index in [0.717, 1.165) is 25.2 Å². The highest BCUT2D eigenvalue weighted by molar-refractivity contribution is 5.14. The molecule has 1 heterocycles. The Balaban J connectivity index is 1.89. The van der Waals surface area contributed by atoms with Crippen molar-refractivity contribution in [2.45, 2.75) is 19.5 Å². The second-order valence-corrected chi connectivity index (χ2v) is 3.87. The van der Waals surface area contributed by atoms with Crippen LogP contribution in [0.2, 0.25) is 0 Å². The van der Waals surface area contributed by atoms with E-state index in [4.69, 9.17) is 0 Å². The molecule has 0 unspecified atom stereocenters. The maximum Gasteiger partial charge on any atom is 0.0950 e. The second-order valence-electron chi connectivity index (χ2n) is 3.87. The zero-order valence-corrected chi connectivity index (χ0v) is 9.56. The average Bonchev–Trinajstić information content (AvgIpc) is 2.76. The minimum absolute atomic E-state index is 0.832. The van der Waals surface area contributed by atoms with Gasteiger partial charge in [-0.05, 0) is 19.0 Å². The van der Waals surface area contributed by atoms with Gasteiger partial charge in [0.25, 0.3) is 0 Å². The Labute approximate surface area is 96.1 Å². The van der Waals surface area contributed by atoms with Crippen molar-refractivity contribution in [2.24, 2.45) is 0 Å². The molecule has 1 aromatic heterocycles. The lowest BCUT2D eigenvalue weighted by Gasteiger charge is -2.01. The first-order valence-electron chi connectivity index (χ1n) is 5.57. The summed E-state index contributed by atoms with van der Waals surface area (Å²) in [6.45, 7) is 1.82. The fourth-order valence-corrected chi connectivity index (χ4v) is 1.70. The van der Waals surface area contributed by atoms with Gasteiger partial charge in [0.15, 0.2) is 0 Å². The molecule has 0 aliphatic carbocycles. The van der Waals surface area contributed by atoms with Gasteiger partial charge in [0, 0.05) is 19.3 Å². The zero-order chi connectivity index (χ0) is 11.2. The number of nitrogens with one attached hydrogen (secondary N) is 1. The Hall–Kier alpha value is -1.61. The largest absolute Gasteiger partial charge is 0.337 e. The molecule has 0 amide bonds. The molecule has 0 aliphatic heterocycles. The fourth-order valence-electron chi connectivity index (χ4n) is 1.70. The molecular formula is C13H17N3. The van der Waals surface area contributed by atoms with Gasteiger partial charge in [0.2, 0.25) is 0 Å². The van der Waals surface area contributed by atoms with Gasteiger partial charge in [-0.3, -0.25) is 0 Å². The molecule has 0 spiro atoms. The number of benzene rings is 1. The van der Waals surface area contributed by atoms with Gasteiger partial charge in [0.1, 0.15) is 0 Å². The van der Waals surface area contributed by atoms with Gasteiger partial charge in [-0.1, -0.05) is 30.3 Å². The summed E-state index contributed by atoms with van der Waals surface area (Å²) < 4.78 is 2.14. The summed E-state index contributed by atoms with van der Waals surface area (Å²) >= 11 is 0. The zero-order valence-electron chi connectivity index (χ0n) is 9.56. The minimum atomic E-state index is 0.832. The van der Waals surface area contributed by atoms with Gasteiger partial charge in [0.05, 0.1) is 12.0 Å². The summed E-state index contributed by atoms with van der Waals surface area (Å²) in [4.78, 5) is 4.32. The van der Waals surface area contributed by atoms with Crippen LogP contribution in [0.3, 0.4) is 0 Å². The number of hydrogen-bond acceptors (Lipinski definition) is 2. The molecule has 1 aromatic carbocycles. The topological polar surface area (TPSA) is 29.9 Å². The molecule has 0 radical (unpaired) electrons. The number of aryl methyl sites for hydroxylation is 2. The highest BCUT2D eigenvalue weighted by Crippen LogP contribution is 2.03. The van der Waals surface area contributed by atoms with Crippen LogP contribution in [-0.4, -0.2) is 16.6 Å². The highest BCUT2D eigenvalue weighted by Gasteiger charge is 1.97. The number of aromatic nitrogens is 2. The molecule has 0 fully saturated rings. The van der Waals surface area contributed by atoms with Crippen LogP contribution in [0, 0.1) is 0 Å². The van der Waals surface area contributed by atoms with E-state index in [9.17, 15) is 0 Å². The van der Waals surface area contributed by atoms with Crippen molar-refractivity contribution in [1.29, 1.82) is 0 Å². The lowest BCUT2D eigenvalue weighted by atomic mass is 10.1. The van der Waals surface area contributed by atoms with E-state index in [1.165, 1.54) is 5.56 Å². The molecule has 0 aliphatic rings. The first-order valence-corrected chi connectivity index (χ1v) is 5.57. The van der Waals surface area contributed by atoms with Gasteiger partial charge >= 0.3 is 0 Å². The third-order valence-electron chi connectivity index (χ3n) is 2.55. The molecule has 84 valence electrons. The lowest BCUT2D eigenvalue weighted by molar-refractivity contribution is 0.693. The molecule has 0 saturated carbocycles. The van der Waals surface area contributed by atoms with Crippen molar-refractivity contribution in [3.05, 3.63) is 54.1 Å². The molecule has 16 heavy (non-hydrogen) atoms. The number of hydrogen-bond donors (Lipinski definition) is 1. The van der Waals surface area contributed by atoms with Crippen LogP contribution in [0.25, 0.3) is 0 Å². The molecule has 0 atom stereocenters. The smallest absolute Gasteiger partial charge is 0.0950 e. The summed E-state index contributed by atoms with van der Waals surface area (Å²) in [5, 5.41) is 3.10. The molecule has 1 N–H and O–H groups in total. The number of imidazole rings is 1. The van der Waals surface area contributed by atoms with Gasteiger partial charge in [-0.15, -0.1) is 0 Å². The van der Waals surface area contributed by atoms with E-state index >= 15 is 0 Å². The predicted molar refractivity (Wildman–Crippen MR) is 65.1 cm³/mol. The van der Waals surface area contributed by atoms with Crippen molar-refractivity contribution in [3.63, 3.8) is 0 Å². The van der Waals surface area contributed by atoms with E-state index < -0.39 is 0 Å². The summed E-state index contributed by atoms with van der Waals surface area (Å²) in [6, 6.07) is 10.5. The first-order chi connectivity index (χ1) is 7.88. The van der Waals surface area contributed by atoms with Gasteiger partial charge in [-0.25, -0.2) is 4.98 Å². The second kappa shape index (κ2) is 5.47. The van der Waals surface area contributed by atoms with Crippen LogP contribution >= 0.6 is 0 Å². The van der Waals surface area contributed by atoms with Crippen LogP contribution < -0.4 is 5.32 Å². The Kier molecular flexibility index (Phi) is 3.72. The van der Waals surface area contributed by atoms with E-state index in [1.54, 1.807) is 0 Å². The quantitative estimate of drug-likeness (QED) is 0.825. The number of nitrogens with zero attached hydrogens (tertiary/aromatic N) is 2. The predicted octanol–water partition coefficient (Wildman–Crippen LogP) is 1.85.